The topological polar surface area (TPSA) is 68.5 Å². The zero-order valence-electron chi connectivity index (χ0n) is 22.7. The number of hydrogen-bond donors (Lipinski definition) is 0. The summed E-state index contributed by atoms with van der Waals surface area (Å²) in [6.45, 7) is 5.28. The van der Waals surface area contributed by atoms with Crippen LogP contribution >= 0.6 is 0 Å². The minimum absolute atomic E-state index is 0. The molecule has 40 heavy (non-hydrogen) atoms. The van der Waals surface area contributed by atoms with E-state index in [1.54, 1.807) is 12.1 Å². The number of esters is 1. The molecule has 3 aliphatic rings. The van der Waals surface area contributed by atoms with Crippen LogP contribution in [0.2, 0.25) is 0 Å². The van der Waals surface area contributed by atoms with E-state index in [9.17, 15) is 9.18 Å². The molecule has 2 bridgehead atoms. The lowest BCUT2D eigenvalue weighted by Gasteiger charge is -2.51. The number of halogens is 2. The summed E-state index contributed by atoms with van der Waals surface area (Å²) in [5.41, 5.74) is 3.00. The van der Waals surface area contributed by atoms with Crippen LogP contribution in [0, 0.1) is 11.7 Å². The number of ether oxygens (including phenoxy) is 1. The van der Waals surface area contributed by atoms with Gasteiger partial charge in [0.15, 0.2) is 6.10 Å². The maximum absolute atomic E-state index is 12.7. The second-order valence-electron chi connectivity index (χ2n) is 10.4. The number of quaternary nitrogens is 1. The standard InChI is InChI=1S/C18H22N3O3.C13H12FN.ClH/c1-13(22)23-16-11-21(9-7-14(16)8-10-21)12-17-19-18(24-20-17)15-5-3-2-4-6-15;1-15(12-5-3-2-4-6-12)13-9-7-11(14)8-10-13;/h2-6,14,16H,7-12H2,1H3;2-10H,1H3;1H/q+1;;/p-1. The molecule has 0 amide bonds. The Kier molecular flexibility index (Phi) is 9.55. The van der Waals surface area contributed by atoms with Crippen LogP contribution in [0.4, 0.5) is 15.8 Å². The van der Waals surface area contributed by atoms with E-state index in [1.807, 2.05) is 72.6 Å². The maximum atomic E-state index is 12.7. The van der Waals surface area contributed by atoms with E-state index in [-0.39, 0.29) is 30.3 Å². The molecule has 0 N–H and O–H groups in total. The van der Waals surface area contributed by atoms with E-state index < -0.39 is 0 Å². The first-order valence-electron chi connectivity index (χ1n) is 13.4. The summed E-state index contributed by atoms with van der Waals surface area (Å²) in [6, 6.07) is 26.2. The summed E-state index contributed by atoms with van der Waals surface area (Å²) in [5, 5.41) is 4.17. The number of carbonyl (C=O) groups excluding carboxylic acids is 1. The Bertz CT molecular complexity index is 1360. The lowest BCUT2D eigenvalue weighted by atomic mass is 9.83. The molecule has 1 atom stereocenters. The van der Waals surface area contributed by atoms with Crippen LogP contribution in [-0.2, 0) is 16.1 Å². The van der Waals surface area contributed by atoms with Gasteiger partial charge in [-0.05, 0) is 48.5 Å². The number of aromatic nitrogens is 2. The van der Waals surface area contributed by atoms with Crippen molar-refractivity contribution in [3.63, 3.8) is 0 Å². The summed E-state index contributed by atoms with van der Waals surface area (Å²) in [4.78, 5) is 17.9. The van der Waals surface area contributed by atoms with Crippen LogP contribution in [0.3, 0.4) is 0 Å². The zero-order chi connectivity index (χ0) is 27.2. The number of rotatable bonds is 6. The fraction of sp³-hybridized carbons (Fsp3) is 0.323. The molecule has 7 rings (SSSR count). The first-order chi connectivity index (χ1) is 18.9. The maximum Gasteiger partial charge on any atom is 0.303 e. The molecule has 3 saturated heterocycles. The monoisotopic (exact) mass is 564 g/mol. The highest BCUT2D eigenvalue weighted by Gasteiger charge is 2.48. The fourth-order valence-corrected chi connectivity index (χ4v) is 5.57. The highest BCUT2D eigenvalue weighted by Crippen LogP contribution is 2.37. The smallest absolute Gasteiger partial charge is 0.303 e. The van der Waals surface area contributed by atoms with Crippen LogP contribution < -0.4 is 17.3 Å². The third kappa shape index (κ3) is 7.06. The molecule has 0 radical (unpaired) electrons. The molecule has 7 nitrogen and oxygen atoms in total. The number of anilines is 2. The van der Waals surface area contributed by atoms with Crippen LogP contribution in [0.15, 0.2) is 89.5 Å². The Morgan fingerprint density at radius 1 is 0.975 bits per heavy atom. The Labute approximate surface area is 240 Å². The Morgan fingerprint density at radius 3 is 2.20 bits per heavy atom. The van der Waals surface area contributed by atoms with Gasteiger partial charge in [0.1, 0.15) is 18.9 Å². The summed E-state index contributed by atoms with van der Waals surface area (Å²) in [5.74, 6) is 1.42. The molecule has 1 aromatic heterocycles. The summed E-state index contributed by atoms with van der Waals surface area (Å²) in [7, 11) is 1.96. The fourth-order valence-electron chi connectivity index (χ4n) is 5.57. The third-order valence-electron chi connectivity index (χ3n) is 7.68. The molecule has 4 heterocycles. The van der Waals surface area contributed by atoms with Crippen molar-refractivity contribution in [1.29, 1.82) is 0 Å². The van der Waals surface area contributed by atoms with E-state index >= 15 is 0 Å². The largest absolute Gasteiger partial charge is 1.00 e. The normalized spacial score (nSPS) is 21.0. The number of benzene rings is 3. The molecule has 3 fully saturated rings. The SMILES string of the molecule is CC(=O)OC1C[N+]2(Cc3noc(-c4ccccc4)n3)CCC1CC2.CN(c1ccccc1)c1ccc(F)cc1.[Cl-]. The third-order valence-corrected chi connectivity index (χ3v) is 7.68. The second kappa shape index (κ2) is 13.1. The highest BCUT2D eigenvalue weighted by atomic mass is 35.5. The second-order valence-corrected chi connectivity index (χ2v) is 10.4. The lowest BCUT2D eigenvalue weighted by Crippen LogP contribution is -3.00. The van der Waals surface area contributed by atoms with E-state index in [0.717, 1.165) is 66.3 Å². The van der Waals surface area contributed by atoms with Crippen molar-refractivity contribution in [2.75, 3.05) is 31.6 Å². The van der Waals surface area contributed by atoms with E-state index in [0.29, 0.717) is 11.8 Å². The van der Waals surface area contributed by atoms with Gasteiger partial charge in [0.2, 0.25) is 5.82 Å². The molecule has 0 spiro atoms. The van der Waals surface area contributed by atoms with Gasteiger partial charge in [0, 0.05) is 49.7 Å². The number of nitrogens with zero attached hydrogens (tertiary/aromatic N) is 4. The minimum Gasteiger partial charge on any atom is -1.00 e. The average molecular weight is 565 g/mol. The highest BCUT2D eigenvalue weighted by molar-refractivity contribution is 5.66. The van der Waals surface area contributed by atoms with Crippen molar-refractivity contribution >= 4 is 17.3 Å². The molecule has 3 aliphatic heterocycles. The molecule has 3 aromatic carbocycles. The van der Waals surface area contributed by atoms with E-state index in [2.05, 4.69) is 10.1 Å². The van der Waals surface area contributed by atoms with Crippen molar-refractivity contribution in [2.45, 2.75) is 32.4 Å². The van der Waals surface area contributed by atoms with Crippen LogP contribution in [0.5, 0.6) is 0 Å². The first-order valence-corrected chi connectivity index (χ1v) is 13.4. The number of piperidine rings is 3. The van der Waals surface area contributed by atoms with Gasteiger partial charge in [-0.2, -0.15) is 4.98 Å². The molecule has 0 aliphatic carbocycles. The van der Waals surface area contributed by atoms with Gasteiger partial charge in [-0.3, -0.25) is 4.79 Å². The van der Waals surface area contributed by atoms with Crippen molar-refractivity contribution in [2.24, 2.45) is 5.92 Å². The van der Waals surface area contributed by atoms with Gasteiger partial charge in [-0.25, -0.2) is 4.39 Å². The molecule has 1 unspecified atom stereocenters. The zero-order valence-corrected chi connectivity index (χ0v) is 23.5. The Morgan fingerprint density at radius 2 is 1.57 bits per heavy atom. The quantitative estimate of drug-likeness (QED) is 0.265. The summed E-state index contributed by atoms with van der Waals surface area (Å²) < 4.78 is 24.6. The van der Waals surface area contributed by atoms with Crippen molar-refractivity contribution < 1.29 is 35.3 Å². The van der Waals surface area contributed by atoms with E-state index in [1.165, 1.54) is 19.1 Å². The molecule has 4 aromatic rings. The Balaban J connectivity index is 0.000000200. The lowest BCUT2D eigenvalue weighted by molar-refractivity contribution is -0.958. The number of hydrogen-bond acceptors (Lipinski definition) is 6. The predicted molar refractivity (Wildman–Crippen MR) is 147 cm³/mol. The van der Waals surface area contributed by atoms with Gasteiger partial charge in [0.05, 0.1) is 13.1 Å². The van der Waals surface area contributed by atoms with Crippen LogP contribution in [0.1, 0.15) is 25.6 Å². The van der Waals surface area contributed by atoms with Gasteiger partial charge in [0.25, 0.3) is 5.89 Å². The first kappa shape index (κ1) is 29.2. The van der Waals surface area contributed by atoms with Crippen LogP contribution in [-0.4, -0.2) is 53.4 Å². The summed E-state index contributed by atoms with van der Waals surface area (Å²) >= 11 is 0. The van der Waals surface area contributed by atoms with Crippen molar-refractivity contribution in [3.05, 3.63) is 96.6 Å². The number of carbonyl (C=O) groups is 1. The predicted octanol–water partition coefficient (Wildman–Crippen LogP) is 3.01. The Hall–Kier alpha value is -3.75. The summed E-state index contributed by atoms with van der Waals surface area (Å²) in [6.07, 6.45) is 2.23. The minimum atomic E-state index is -0.208. The number of fused-ring (bicyclic) bond motifs is 3. The van der Waals surface area contributed by atoms with Crippen molar-refractivity contribution in [3.8, 4) is 11.5 Å². The van der Waals surface area contributed by atoms with Crippen LogP contribution in [0.25, 0.3) is 11.5 Å². The van der Waals surface area contributed by atoms with Gasteiger partial charge in [-0.15, -0.1) is 0 Å². The molecule has 210 valence electrons. The molecule has 9 heteroatoms. The van der Waals surface area contributed by atoms with Gasteiger partial charge in [-0.1, -0.05) is 41.6 Å². The molecular formula is C31H34ClFN4O3. The molecular weight excluding hydrogens is 531 g/mol. The molecule has 0 saturated carbocycles. The van der Waals surface area contributed by atoms with Crippen molar-refractivity contribution in [1.82, 2.24) is 10.1 Å². The van der Waals surface area contributed by atoms with E-state index in [4.69, 9.17) is 9.26 Å². The average Bonchev–Trinajstić information content (AvgIpc) is 3.42. The van der Waals surface area contributed by atoms with Gasteiger partial charge >= 0.3 is 5.97 Å². The number of para-hydroxylation sites is 1. The van der Waals surface area contributed by atoms with Gasteiger partial charge < -0.3 is 31.0 Å².